The molecule has 2 fully saturated rings. The van der Waals surface area contributed by atoms with Crippen LogP contribution in [0.2, 0.25) is 0 Å². The minimum atomic E-state index is -0.0225. The van der Waals surface area contributed by atoms with Crippen LogP contribution in [0.1, 0.15) is 36.8 Å². The largest absolute Gasteiger partial charge is 0.419 e. The summed E-state index contributed by atoms with van der Waals surface area (Å²) in [5.74, 6) is 1.14. The molecule has 0 unspecified atom stereocenters. The van der Waals surface area contributed by atoms with Gasteiger partial charge in [0.05, 0.1) is 24.5 Å². The molecule has 0 N–H and O–H groups in total. The van der Waals surface area contributed by atoms with Crippen molar-refractivity contribution in [2.75, 3.05) is 31.1 Å². The van der Waals surface area contributed by atoms with Crippen molar-refractivity contribution >= 4 is 5.69 Å². The summed E-state index contributed by atoms with van der Waals surface area (Å²) >= 11 is 0. The van der Waals surface area contributed by atoms with E-state index < -0.39 is 0 Å². The molecule has 5 rings (SSSR count). The third kappa shape index (κ3) is 3.87. The van der Waals surface area contributed by atoms with Crippen molar-refractivity contribution < 1.29 is 4.42 Å². The number of aryl methyl sites for hydroxylation is 1. The monoisotopic (exact) mass is 406 g/mol. The number of nitrogens with zero attached hydrogens (tertiary/aromatic N) is 6. The molecule has 0 aliphatic carbocycles. The maximum Gasteiger partial charge on any atom is 0.269 e. The number of likely N-dealkylation sites (tertiary alicyclic amines) is 1. The maximum absolute atomic E-state index is 12.6. The molecule has 156 valence electrons. The van der Waals surface area contributed by atoms with Crippen molar-refractivity contribution in [3.05, 3.63) is 58.3 Å². The summed E-state index contributed by atoms with van der Waals surface area (Å²) < 4.78 is 7.52. The van der Waals surface area contributed by atoms with E-state index in [4.69, 9.17) is 4.42 Å². The Morgan fingerprint density at radius 3 is 2.67 bits per heavy atom. The van der Waals surface area contributed by atoms with E-state index in [1.165, 1.54) is 12.0 Å². The molecule has 8 heteroatoms. The quantitative estimate of drug-likeness (QED) is 0.644. The van der Waals surface area contributed by atoms with E-state index in [0.717, 1.165) is 50.3 Å². The molecule has 1 aromatic carbocycles. The molecule has 2 saturated heterocycles. The average molecular weight is 406 g/mol. The number of benzene rings is 1. The summed E-state index contributed by atoms with van der Waals surface area (Å²) in [7, 11) is 0. The Morgan fingerprint density at radius 1 is 1.10 bits per heavy atom. The molecule has 0 radical (unpaired) electrons. The van der Waals surface area contributed by atoms with Gasteiger partial charge in [0.25, 0.3) is 5.56 Å². The van der Waals surface area contributed by atoms with Crippen molar-refractivity contribution in [1.29, 1.82) is 0 Å². The van der Waals surface area contributed by atoms with E-state index >= 15 is 0 Å². The molecular formula is C22H26N6O2. The second kappa shape index (κ2) is 8.02. The number of hydrogen-bond acceptors (Lipinski definition) is 7. The molecule has 0 bridgehead atoms. The number of hydrogen-bond donors (Lipinski definition) is 0. The van der Waals surface area contributed by atoms with Crippen LogP contribution in [-0.4, -0.2) is 51.1 Å². The van der Waals surface area contributed by atoms with Gasteiger partial charge in [-0.25, -0.2) is 4.68 Å². The van der Waals surface area contributed by atoms with Crippen molar-refractivity contribution in [3.8, 4) is 11.5 Å². The first kappa shape index (κ1) is 19.0. The van der Waals surface area contributed by atoms with Crippen LogP contribution in [0.4, 0.5) is 5.69 Å². The van der Waals surface area contributed by atoms with Gasteiger partial charge in [0.2, 0.25) is 11.8 Å². The lowest BCUT2D eigenvalue weighted by atomic mass is 10.1. The van der Waals surface area contributed by atoms with Crippen LogP contribution in [0.5, 0.6) is 0 Å². The van der Waals surface area contributed by atoms with Gasteiger partial charge < -0.3 is 9.32 Å². The van der Waals surface area contributed by atoms with Crippen LogP contribution < -0.4 is 10.5 Å². The Balaban J connectivity index is 1.26. The predicted octanol–water partition coefficient (Wildman–Crippen LogP) is 2.65. The Kier molecular flexibility index (Phi) is 5.08. The number of aromatic nitrogens is 4. The highest BCUT2D eigenvalue weighted by Crippen LogP contribution is 2.24. The molecule has 0 saturated carbocycles. The second-order valence-corrected chi connectivity index (χ2v) is 8.24. The van der Waals surface area contributed by atoms with E-state index in [1.54, 1.807) is 10.7 Å². The van der Waals surface area contributed by atoms with Gasteiger partial charge in [0.15, 0.2) is 0 Å². The van der Waals surface area contributed by atoms with Gasteiger partial charge in [0.1, 0.15) is 0 Å². The van der Waals surface area contributed by atoms with Crippen molar-refractivity contribution in [1.82, 2.24) is 24.9 Å². The summed E-state index contributed by atoms with van der Waals surface area (Å²) in [6.07, 6.45) is 4.96. The van der Waals surface area contributed by atoms with E-state index in [9.17, 15) is 4.79 Å². The fraction of sp³-hybridized carbons (Fsp3) is 0.455. The van der Waals surface area contributed by atoms with Crippen LogP contribution in [0.3, 0.4) is 0 Å². The fourth-order valence-corrected chi connectivity index (χ4v) is 4.13. The highest BCUT2D eigenvalue weighted by Gasteiger charge is 2.25. The van der Waals surface area contributed by atoms with Gasteiger partial charge >= 0.3 is 0 Å². The molecule has 1 atom stereocenters. The summed E-state index contributed by atoms with van der Waals surface area (Å²) in [6, 6.07) is 9.84. The first-order valence-electron chi connectivity index (χ1n) is 10.6. The molecule has 8 nitrogen and oxygen atoms in total. The molecule has 2 aliphatic heterocycles. The molecule has 0 spiro atoms. The summed E-state index contributed by atoms with van der Waals surface area (Å²) in [5, 5.41) is 12.9. The van der Waals surface area contributed by atoms with E-state index in [0.29, 0.717) is 18.3 Å². The zero-order chi connectivity index (χ0) is 20.5. The topological polar surface area (TPSA) is 80.3 Å². The number of rotatable bonds is 5. The second-order valence-electron chi connectivity index (χ2n) is 8.24. The molecule has 2 aliphatic rings. The Morgan fingerprint density at radius 2 is 1.93 bits per heavy atom. The first-order valence-corrected chi connectivity index (χ1v) is 10.6. The van der Waals surface area contributed by atoms with Crippen LogP contribution in [0, 0.1) is 6.92 Å². The summed E-state index contributed by atoms with van der Waals surface area (Å²) in [4.78, 5) is 17.1. The number of anilines is 1. The molecule has 30 heavy (non-hydrogen) atoms. The normalized spacial score (nSPS) is 19.6. The number of piperidine rings is 1. The highest BCUT2D eigenvalue weighted by molar-refractivity contribution is 5.52. The average Bonchev–Trinajstić information content (AvgIpc) is 3.16. The summed E-state index contributed by atoms with van der Waals surface area (Å²) in [5.41, 5.74) is 3.03. The molecule has 3 aromatic rings. The lowest BCUT2D eigenvalue weighted by Gasteiger charge is -2.34. The maximum atomic E-state index is 12.6. The van der Waals surface area contributed by atoms with Gasteiger partial charge in [0, 0.05) is 31.3 Å². The smallest absolute Gasteiger partial charge is 0.269 e. The third-order valence-electron chi connectivity index (χ3n) is 5.98. The van der Waals surface area contributed by atoms with Crippen LogP contribution >= 0.6 is 0 Å². The van der Waals surface area contributed by atoms with Gasteiger partial charge in [-0.2, -0.15) is 5.10 Å². The molecule has 0 amide bonds. The molecular weight excluding hydrogens is 380 g/mol. The van der Waals surface area contributed by atoms with E-state index in [-0.39, 0.29) is 11.6 Å². The molecule has 4 heterocycles. The van der Waals surface area contributed by atoms with E-state index in [2.05, 4.69) is 32.0 Å². The lowest BCUT2D eigenvalue weighted by molar-refractivity contribution is 0.148. The standard InChI is InChI=1S/C22H26N6O2/c1-16-5-7-17(8-6-16)22-25-24-20(30-22)15-26-9-2-4-18(14-26)28-21(29)12-19(13-23-28)27-10-3-11-27/h5-8,12-13,18H,2-4,9-11,14-15H2,1H3/t18-/m1/s1. The third-order valence-corrected chi connectivity index (χ3v) is 5.98. The Bertz CT molecular complexity index is 1070. The Hall–Kier alpha value is -3.00. The van der Waals surface area contributed by atoms with Gasteiger partial charge in [-0.3, -0.25) is 9.69 Å². The van der Waals surface area contributed by atoms with Crippen molar-refractivity contribution in [2.45, 2.75) is 38.8 Å². The van der Waals surface area contributed by atoms with Gasteiger partial charge in [-0.05, 0) is 44.9 Å². The zero-order valence-corrected chi connectivity index (χ0v) is 17.2. The van der Waals surface area contributed by atoms with Crippen LogP contribution in [0.25, 0.3) is 11.5 Å². The van der Waals surface area contributed by atoms with Crippen molar-refractivity contribution in [2.24, 2.45) is 0 Å². The Labute approximate surface area is 175 Å². The minimum Gasteiger partial charge on any atom is -0.419 e. The first-order chi connectivity index (χ1) is 14.7. The van der Waals surface area contributed by atoms with E-state index in [1.807, 2.05) is 30.5 Å². The molecule has 2 aromatic heterocycles. The van der Waals surface area contributed by atoms with Crippen molar-refractivity contribution in [3.63, 3.8) is 0 Å². The van der Waals surface area contributed by atoms with Gasteiger partial charge in [-0.1, -0.05) is 17.7 Å². The minimum absolute atomic E-state index is 0.0225. The van der Waals surface area contributed by atoms with Crippen LogP contribution in [0.15, 0.2) is 45.7 Å². The van der Waals surface area contributed by atoms with Crippen LogP contribution in [-0.2, 0) is 6.54 Å². The lowest BCUT2D eigenvalue weighted by Crippen LogP contribution is -2.41. The predicted molar refractivity (Wildman–Crippen MR) is 113 cm³/mol. The highest BCUT2D eigenvalue weighted by atomic mass is 16.4. The van der Waals surface area contributed by atoms with Gasteiger partial charge in [-0.15, -0.1) is 10.2 Å². The zero-order valence-electron chi connectivity index (χ0n) is 17.2. The summed E-state index contributed by atoms with van der Waals surface area (Å²) in [6.45, 7) is 6.34. The fourth-order valence-electron chi connectivity index (χ4n) is 4.13. The SMILES string of the molecule is Cc1ccc(-c2nnc(CN3CCC[C@@H](n4ncc(N5CCC5)cc4=O)C3)o2)cc1.